The summed E-state index contributed by atoms with van der Waals surface area (Å²) >= 11 is 3.27. The van der Waals surface area contributed by atoms with Gasteiger partial charge in [-0.05, 0) is 30.5 Å². The molecule has 6 nitrogen and oxygen atoms in total. The van der Waals surface area contributed by atoms with E-state index >= 15 is 0 Å². The van der Waals surface area contributed by atoms with Crippen LogP contribution in [-0.2, 0) is 0 Å². The van der Waals surface area contributed by atoms with Crippen molar-refractivity contribution in [1.82, 2.24) is 5.43 Å². The largest absolute Gasteiger partial charge is 0.383 e. The Morgan fingerprint density at radius 1 is 1.25 bits per heavy atom. The standard InChI is InChI=1S/C17H24BrN3O3/c18-11-6-7-12(17(24)21-20)13(9-11)15(22)16(23)14(19)8-10-4-2-1-3-5-10/h6-7,9-10,14,16,23H,1-5,8,19-20H2,(H,21,24)/t14-,16?/m1/s1. The first-order valence-electron chi connectivity index (χ1n) is 8.22. The van der Waals surface area contributed by atoms with E-state index in [0.717, 1.165) is 12.8 Å². The quantitative estimate of drug-likeness (QED) is 0.253. The molecule has 0 saturated heterocycles. The molecule has 1 unspecified atom stereocenters. The molecule has 0 radical (unpaired) electrons. The van der Waals surface area contributed by atoms with Gasteiger partial charge < -0.3 is 10.8 Å². The molecule has 0 aliphatic heterocycles. The van der Waals surface area contributed by atoms with Gasteiger partial charge in [0, 0.05) is 16.1 Å². The Labute approximate surface area is 150 Å². The van der Waals surface area contributed by atoms with Crippen molar-refractivity contribution in [1.29, 1.82) is 0 Å². The molecule has 1 aliphatic carbocycles. The van der Waals surface area contributed by atoms with Crippen molar-refractivity contribution >= 4 is 27.6 Å². The zero-order chi connectivity index (χ0) is 17.7. The number of hydrogen-bond donors (Lipinski definition) is 4. The van der Waals surface area contributed by atoms with Crippen molar-refractivity contribution in [3.63, 3.8) is 0 Å². The van der Waals surface area contributed by atoms with Crippen molar-refractivity contribution in [2.45, 2.75) is 50.7 Å². The monoisotopic (exact) mass is 397 g/mol. The summed E-state index contributed by atoms with van der Waals surface area (Å²) in [6, 6.07) is 3.98. The van der Waals surface area contributed by atoms with Gasteiger partial charge in [-0.3, -0.25) is 15.0 Å². The molecule has 1 aliphatic rings. The second-order valence-corrected chi connectivity index (χ2v) is 7.29. The number of ketones is 1. The lowest BCUT2D eigenvalue weighted by Crippen LogP contribution is -2.43. The molecule has 0 bridgehead atoms. The number of nitrogens with two attached hydrogens (primary N) is 2. The van der Waals surface area contributed by atoms with Gasteiger partial charge in [0.2, 0.25) is 0 Å². The number of carbonyl (C=O) groups is 2. The third-order valence-corrected chi connectivity index (χ3v) is 5.12. The summed E-state index contributed by atoms with van der Waals surface area (Å²) in [4.78, 5) is 24.5. The Morgan fingerprint density at radius 2 is 1.92 bits per heavy atom. The lowest BCUT2D eigenvalue weighted by molar-refractivity contribution is 0.0660. The molecule has 132 valence electrons. The molecule has 0 spiro atoms. The molecular formula is C17H24BrN3O3. The van der Waals surface area contributed by atoms with E-state index in [2.05, 4.69) is 15.9 Å². The molecule has 1 aromatic rings. The van der Waals surface area contributed by atoms with E-state index < -0.39 is 23.8 Å². The zero-order valence-electron chi connectivity index (χ0n) is 13.5. The highest BCUT2D eigenvalue weighted by atomic mass is 79.9. The highest BCUT2D eigenvalue weighted by Gasteiger charge is 2.29. The van der Waals surface area contributed by atoms with Gasteiger partial charge in [0.1, 0.15) is 6.10 Å². The van der Waals surface area contributed by atoms with Crippen LogP contribution in [0.25, 0.3) is 0 Å². The van der Waals surface area contributed by atoms with Gasteiger partial charge in [-0.15, -0.1) is 0 Å². The van der Waals surface area contributed by atoms with E-state index in [1.54, 1.807) is 6.07 Å². The maximum atomic E-state index is 12.6. The highest BCUT2D eigenvalue weighted by Crippen LogP contribution is 2.28. The molecule has 1 saturated carbocycles. The molecule has 1 aromatic carbocycles. The first kappa shape index (κ1) is 19.1. The van der Waals surface area contributed by atoms with Crippen molar-refractivity contribution in [3.8, 4) is 0 Å². The number of rotatable bonds is 6. The minimum Gasteiger partial charge on any atom is -0.383 e. The third-order valence-electron chi connectivity index (χ3n) is 4.63. The molecular weight excluding hydrogens is 374 g/mol. The molecule has 2 rings (SSSR count). The first-order valence-corrected chi connectivity index (χ1v) is 9.01. The van der Waals surface area contributed by atoms with Crippen LogP contribution in [0.1, 0.15) is 59.2 Å². The maximum Gasteiger partial charge on any atom is 0.265 e. The second kappa shape index (κ2) is 8.71. The van der Waals surface area contributed by atoms with Gasteiger partial charge in [-0.1, -0.05) is 48.0 Å². The zero-order valence-corrected chi connectivity index (χ0v) is 15.1. The molecule has 2 atom stereocenters. The molecule has 1 fully saturated rings. The Hall–Kier alpha value is -1.28. The lowest BCUT2D eigenvalue weighted by Gasteiger charge is -2.26. The van der Waals surface area contributed by atoms with Gasteiger partial charge in [-0.25, -0.2) is 5.84 Å². The fourth-order valence-corrected chi connectivity index (χ4v) is 3.65. The molecule has 0 heterocycles. The van der Waals surface area contributed by atoms with Crippen molar-refractivity contribution in [2.24, 2.45) is 17.5 Å². The van der Waals surface area contributed by atoms with Crippen molar-refractivity contribution < 1.29 is 14.7 Å². The summed E-state index contributed by atoms with van der Waals surface area (Å²) in [5, 5.41) is 10.4. The summed E-state index contributed by atoms with van der Waals surface area (Å²) in [6.07, 6.45) is 5.04. The van der Waals surface area contributed by atoms with Crippen LogP contribution in [0.3, 0.4) is 0 Å². The number of halogens is 1. The van der Waals surface area contributed by atoms with Crippen LogP contribution in [0.5, 0.6) is 0 Å². The summed E-state index contributed by atoms with van der Waals surface area (Å²) < 4.78 is 0.632. The number of hydrogen-bond acceptors (Lipinski definition) is 5. The lowest BCUT2D eigenvalue weighted by atomic mass is 9.83. The van der Waals surface area contributed by atoms with Crippen LogP contribution >= 0.6 is 15.9 Å². The Balaban J connectivity index is 2.14. The fourth-order valence-electron chi connectivity index (χ4n) is 3.29. The predicted molar refractivity (Wildman–Crippen MR) is 95.3 cm³/mol. The van der Waals surface area contributed by atoms with Crippen LogP contribution in [0.15, 0.2) is 22.7 Å². The molecule has 24 heavy (non-hydrogen) atoms. The summed E-state index contributed by atoms with van der Waals surface area (Å²) in [6.45, 7) is 0. The molecule has 1 amide bonds. The maximum absolute atomic E-state index is 12.6. The van der Waals surface area contributed by atoms with Gasteiger partial charge in [0.25, 0.3) is 5.91 Å². The van der Waals surface area contributed by atoms with Crippen LogP contribution < -0.4 is 17.0 Å². The number of amides is 1. The van der Waals surface area contributed by atoms with Crippen molar-refractivity contribution in [2.75, 3.05) is 0 Å². The minimum atomic E-state index is -1.34. The summed E-state index contributed by atoms with van der Waals surface area (Å²) in [5.74, 6) is 4.47. The van der Waals surface area contributed by atoms with Crippen LogP contribution in [0.4, 0.5) is 0 Å². The Morgan fingerprint density at radius 3 is 2.54 bits per heavy atom. The summed E-state index contributed by atoms with van der Waals surface area (Å²) in [5.41, 5.74) is 8.32. The van der Waals surface area contributed by atoms with E-state index in [1.807, 2.05) is 5.43 Å². The smallest absolute Gasteiger partial charge is 0.265 e. The fraction of sp³-hybridized carbons (Fsp3) is 0.529. The van der Waals surface area contributed by atoms with E-state index in [0.29, 0.717) is 16.8 Å². The normalized spacial score (nSPS) is 18.0. The first-order chi connectivity index (χ1) is 11.4. The van der Waals surface area contributed by atoms with E-state index in [-0.39, 0.29) is 11.1 Å². The van der Waals surface area contributed by atoms with Gasteiger partial charge in [0.15, 0.2) is 5.78 Å². The number of benzene rings is 1. The van der Waals surface area contributed by atoms with E-state index in [1.165, 1.54) is 31.4 Å². The van der Waals surface area contributed by atoms with Gasteiger partial charge in [0.05, 0.1) is 5.56 Å². The Kier molecular flexibility index (Phi) is 6.91. The molecule has 7 heteroatoms. The topological polar surface area (TPSA) is 118 Å². The second-order valence-electron chi connectivity index (χ2n) is 6.38. The van der Waals surface area contributed by atoms with Crippen molar-refractivity contribution in [3.05, 3.63) is 33.8 Å². The van der Waals surface area contributed by atoms with Gasteiger partial charge in [-0.2, -0.15) is 0 Å². The van der Waals surface area contributed by atoms with Crippen LogP contribution in [-0.4, -0.2) is 28.9 Å². The number of aliphatic hydroxyl groups excluding tert-OH is 1. The third kappa shape index (κ3) is 4.63. The average Bonchev–Trinajstić information content (AvgIpc) is 2.60. The predicted octanol–water partition coefficient (Wildman–Crippen LogP) is 1.89. The van der Waals surface area contributed by atoms with Crippen LogP contribution in [0.2, 0.25) is 0 Å². The summed E-state index contributed by atoms with van der Waals surface area (Å²) in [7, 11) is 0. The van der Waals surface area contributed by atoms with Crippen LogP contribution in [0, 0.1) is 5.92 Å². The molecule has 6 N–H and O–H groups in total. The van der Waals surface area contributed by atoms with E-state index in [4.69, 9.17) is 11.6 Å². The SMILES string of the molecule is NNC(=O)c1ccc(Br)cc1C(=O)C(O)[C@H](N)CC1CCCCC1. The highest BCUT2D eigenvalue weighted by molar-refractivity contribution is 9.10. The number of Topliss-reactive ketones (excluding diaryl/α,β-unsaturated/α-hetero) is 1. The Bertz CT molecular complexity index is 603. The number of carbonyl (C=O) groups excluding carboxylic acids is 2. The number of hydrazine groups is 1. The average molecular weight is 398 g/mol. The number of nitrogens with one attached hydrogen (secondary N) is 1. The van der Waals surface area contributed by atoms with E-state index in [9.17, 15) is 14.7 Å². The molecule has 0 aromatic heterocycles. The number of aliphatic hydroxyl groups is 1. The minimum absolute atomic E-state index is 0.110. The van der Waals surface area contributed by atoms with Gasteiger partial charge >= 0.3 is 0 Å². The number of nitrogen functional groups attached to an aromatic ring is 1.